The maximum atomic E-state index is 4.18. The Kier molecular flexibility index (Phi) is 6.81. The summed E-state index contributed by atoms with van der Waals surface area (Å²) in [5.74, 6) is 0.749. The summed E-state index contributed by atoms with van der Waals surface area (Å²) in [5, 5.41) is 7.72. The minimum absolute atomic E-state index is 0.587. The first-order valence-corrected chi connectivity index (χ1v) is 7.15. The maximum absolute atomic E-state index is 4.18. The molecule has 0 spiro atoms. The van der Waals surface area contributed by atoms with E-state index in [1.54, 1.807) is 10.9 Å². The van der Waals surface area contributed by atoms with Crippen molar-refractivity contribution in [1.82, 2.24) is 20.0 Å². The van der Waals surface area contributed by atoms with Gasteiger partial charge in [-0.2, -0.15) is 5.10 Å². The highest BCUT2D eigenvalue weighted by atomic mass is 15.2. The molecule has 1 N–H and O–H groups in total. The van der Waals surface area contributed by atoms with Crippen LogP contribution in [-0.2, 0) is 6.54 Å². The molecule has 0 radical (unpaired) electrons. The van der Waals surface area contributed by atoms with Gasteiger partial charge in [0.05, 0.1) is 6.20 Å². The lowest BCUT2D eigenvalue weighted by atomic mass is 9.93. The molecule has 1 atom stereocenters. The molecule has 1 rings (SSSR count). The highest BCUT2D eigenvalue weighted by Gasteiger charge is 2.19. The van der Waals surface area contributed by atoms with E-state index in [9.17, 15) is 0 Å². The largest absolute Gasteiger partial charge is 0.311 e. The average molecular weight is 264 g/mol. The molecule has 0 bridgehead atoms. The van der Waals surface area contributed by atoms with E-state index in [1.807, 2.05) is 12.4 Å². The molecule has 0 aliphatic rings. The van der Waals surface area contributed by atoms with Crippen LogP contribution >= 0.6 is 0 Å². The first kappa shape index (κ1) is 15.9. The van der Waals surface area contributed by atoms with Crippen molar-refractivity contribution in [2.24, 2.45) is 5.92 Å². The van der Waals surface area contributed by atoms with Crippen molar-refractivity contribution in [2.75, 3.05) is 20.6 Å². The van der Waals surface area contributed by atoms with E-state index in [0.29, 0.717) is 6.04 Å². The fraction of sp³-hybridized carbons (Fsp3) is 0.667. The second kappa shape index (κ2) is 8.12. The first-order valence-electron chi connectivity index (χ1n) is 7.15. The molecule has 108 valence electrons. The quantitative estimate of drug-likeness (QED) is 0.743. The van der Waals surface area contributed by atoms with Gasteiger partial charge in [0.25, 0.3) is 0 Å². The Morgan fingerprint density at radius 1 is 1.42 bits per heavy atom. The van der Waals surface area contributed by atoms with E-state index in [-0.39, 0.29) is 0 Å². The van der Waals surface area contributed by atoms with Gasteiger partial charge in [0.15, 0.2) is 0 Å². The maximum Gasteiger partial charge on any atom is 0.0538 e. The molecule has 0 saturated carbocycles. The zero-order valence-electron chi connectivity index (χ0n) is 12.8. The molecular formula is C15H28N4. The molecule has 4 heteroatoms. The van der Waals surface area contributed by atoms with Gasteiger partial charge in [-0.1, -0.05) is 33.3 Å². The second-order valence-corrected chi connectivity index (χ2v) is 5.25. The predicted octanol–water partition coefficient (Wildman–Crippen LogP) is 2.44. The molecule has 0 fully saturated rings. The minimum atomic E-state index is 0.587. The Hall–Kier alpha value is -1.13. The lowest BCUT2D eigenvalue weighted by molar-refractivity contribution is 0.194. The van der Waals surface area contributed by atoms with Gasteiger partial charge in [-0.25, -0.2) is 4.68 Å². The number of nitrogens with one attached hydrogen (secondary N) is 1. The summed E-state index contributed by atoms with van der Waals surface area (Å²) in [6.45, 7) is 10.1. The molecule has 0 saturated heterocycles. The zero-order chi connectivity index (χ0) is 14.3. The van der Waals surface area contributed by atoms with Gasteiger partial charge in [-0.15, -0.1) is 0 Å². The van der Waals surface area contributed by atoms with Crippen molar-refractivity contribution < 1.29 is 0 Å². The van der Waals surface area contributed by atoms with Gasteiger partial charge in [0.1, 0.15) is 0 Å². The van der Waals surface area contributed by atoms with E-state index in [1.165, 1.54) is 18.4 Å². The van der Waals surface area contributed by atoms with Crippen molar-refractivity contribution in [1.29, 1.82) is 0 Å². The van der Waals surface area contributed by atoms with Crippen molar-refractivity contribution in [2.45, 2.75) is 39.3 Å². The molecule has 0 aromatic carbocycles. The number of likely N-dealkylation sites (N-methyl/N-ethyl adjacent to an activating group) is 1. The van der Waals surface area contributed by atoms with Crippen LogP contribution in [0.5, 0.6) is 0 Å². The lowest BCUT2D eigenvalue weighted by Gasteiger charge is -2.31. The predicted molar refractivity (Wildman–Crippen MR) is 81.9 cm³/mol. The van der Waals surface area contributed by atoms with Crippen molar-refractivity contribution in [3.8, 4) is 0 Å². The van der Waals surface area contributed by atoms with E-state index in [4.69, 9.17) is 0 Å². The molecular weight excluding hydrogens is 236 g/mol. The molecule has 0 aliphatic carbocycles. The van der Waals surface area contributed by atoms with Crippen LogP contribution in [0.3, 0.4) is 0 Å². The van der Waals surface area contributed by atoms with Gasteiger partial charge in [-0.3, -0.25) is 0 Å². The van der Waals surface area contributed by atoms with E-state index >= 15 is 0 Å². The molecule has 19 heavy (non-hydrogen) atoms. The lowest BCUT2D eigenvalue weighted by Crippen LogP contribution is -2.42. The first-order chi connectivity index (χ1) is 9.12. The highest BCUT2D eigenvalue weighted by molar-refractivity contribution is 5.17. The van der Waals surface area contributed by atoms with Crippen molar-refractivity contribution >= 4 is 6.20 Å². The average Bonchev–Trinajstić information content (AvgIpc) is 2.86. The second-order valence-electron chi connectivity index (χ2n) is 5.25. The van der Waals surface area contributed by atoms with E-state index < -0.39 is 0 Å². The van der Waals surface area contributed by atoms with Crippen LogP contribution in [0.15, 0.2) is 19.0 Å². The Labute approximate surface area is 117 Å². The number of rotatable bonds is 9. The van der Waals surface area contributed by atoms with Crippen molar-refractivity contribution in [3.63, 3.8) is 0 Å². The van der Waals surface area contributed by atoms with Gasteiger partial charge < -0.3 is 10.2 Å². The number of hydrogen-bond acceptors (Lipinski definition) is 3. The summed E-state index contributed by atoms with van der Waals surface area (Å²) in [6.07, 6.45) is 8.05. The Morgan fingerprint density at radius 2 is 2.11 bits per heavy atom. The molecule has 1 unspecified atom stereocenters. The number of aromatic nitrogens is 2. The third kappa shape index (κ3) is 4.80. The molecule has 0 aliphatic heterocycles. The van der Waals surface area contributed by atoms with Gasteiger partial charge in [-0.05, 0) is 20.0 Å². The Bertz CT molecular complexity index is 366. The third-order valence-corrected chi connectivity index (χ3v) is 3.78. The van der Waals surface area contributed by atoms with Crippen LogP contribution in [0.25, 0.3) is 6.20 Å². The van der Waals surface area contributed by atoms with Crippen LogP contribution in [0, 0.1) is 5.92 Å². The molecule has 0 amide bonds. The van der Waals surface area contributed by atoms with Gasteiger partial charge >= 0.3 is 0 Å². The normalized spacial score (nSPS) is 13.2. The topological polar surface area (TPSA) is 33.1 Å². The molecule has 4 nitrogen and oxygen atoms in total. The molecule has 1 heterocycles. The van der Waals surface area contributed by atoms with Crippen molar-refractivity contribution in [3.05, 3.63) is 24.5 Å². The van der Waals surface area contributed by atoms with Crippen LogP contribution in [0.4, 0.5) is 0 Å². The van der Waals surface area contributed by atoms with Gasteiger partial charge in [0, 0.05) is 37.1 Å². The summed E-state index contributed by atoms with van der Waals surface area (Å²) < 4.78 is 1.74. The third-order valence-electron chi connectivity index (χ3n) is 3.78. The van der Waals surface area contributed by atoms with E-state index in [0.717, 1.165) is 19.0 Å². The summed E-state index contributed by atoms with van der Waals surface area (Å²) >= 11 is 0. The van der Waals surface area contributed by atoms with E-state index in [2.05, 4.69) is 49.8 Å². The fourth-order valence-corrected chi connectivity index (χ4v) is 2.54. The molecule has 1 aromatic heterocycles. The Balaban J connectivity index is 2.45. The fourth-order valence-electron chi connectivity index (χ4n) is 2.54. The number of nitrogens with zero attached hydrogens (tertiary/aromatic N) is 3. The monoisotopic (exact) mass is 264 g/mol. The summed E-state index contributed by atoms with van der Waals surface area (Å²) in [6, 6.07) is 0.587. The van der Waals surface area contributed by atoms with Crippen LogP contribution in [0.2, 0.25) is 0 Å². The van der Waals surface area contributed by atoms with Gasteiger partial charge in [0.2, 0.25) is 0 Å². The smallest absolute Gasteiger partial charge is 0.0538 e. The highest BCUT2D eigenvalue weighted by Crippen LogP contribution is 2.16. The SMILES string of the molecule is C=Cn1cc(CNCC(C(CC)CC)N(C)C)cn1. The summed E-state index contributed by atoms with van der Waals surface area (Å²) in [5.41, 5.74) is 1.20. The summed E-state index contributed by atoms with van der Waals surface area (Å²) in [4.78, 5) is 2.33. The number of hydrogen-bond donors (Lipinski definition) is 1. The summed E-state index contributed by atoms with van der Waals surface area (Å²) in [7, 11) is 4.33. The Morgan fingerprint density at radius 3 is 2.58 bits per heavy atom. The van der Waals surface area contributed by atoms with Crippen LogP contribution < -0.4 is 5.32 Å². The zero-order valence-corrected chi connectivity index (χ0v) is 12.8. The molecule has 1 aromatic rings. The van der Waals surface area contributed by atoms with Crippen LogP contribution in [0.1, 0.15) is 32.3 Å². The standard InChI is InChI=1S/C15H28N4/c1-6-14(7-2)15(18(4)5)11-16-9-13-10-17-19(8-3)12-13/h8,10,12,14-16H,3,6-7,9,11H2,1-2,4-5H3. The van der Waals surface area contributed by atoms with Crippen LogP contribution in [-0.4, -0.2) is 41.4 Å². The minimum Gasteiger partial charge on any atom is -0.311 e.